The van der Waals surface area contributed by atoms with Gasteiger partial charge in [0.2, 0.25) is 0 Å². The van der Waals surface area contributed by atoms with E-state index >= 15 is 0 Å². The number of rotatable bonds is 5. The molecule has 0 radical (unpaired) electrons. The first kappa shape index (κ1) is 18.1. The minimum absolute atomic E-state index is 0.333. The fraction of sp³-hybridized carbons (Fsp3) is 0.833. The maximum Gasteiger partial charge on any atom is 0.303 e. The van der Waals surface area contributed by atoms with E-state index in [2.05, 4.69) is 6.92 Å². The van der Waals surface area contributed by atoms with Gasteiger partial charge >= 0.3 is 5.97 Å². The zero-order valence-electron chi connectivity index (χ0n) is 11.8. The second-order valence-electron chi connectivity index (χ2n) is 4.32. The van der Waals surface area contributed by atoms with E-state index in [0.717, 1.165) is 19.3 Å². The van der Waals surface area contributed by atoms with E-state index in [1.807, 2.05) is 28.2 Å². The van der Waals surface area contributed by atoms with E-state index < -0.39 is 5.97 Å². The summed E-state index contributed by atoms with van der Waals surface area (Å²) in [6.07, 6.45) is 4.55. The average Bonchev–Trinajstić information content (AvgIpc) is 2.23. The Morgan fingerprint density at radius 3 is 1.76 bits per heavy atom. The first-order valence-electron chi connectivity index (χ1n) is 5.97. The van der Waals surface area contributed by atoms with Crippen molar-refractivity contribution in [1.29, 1.82) is 5.41 Å². The summed E-state index contributed by atoms with van der Waals surface area (Å²) in [7, 11) is 7.40. The normalized spacial score (nSPS) is 9.00. The molecule has 5 heteroatoms. The van der Waals surface area contributed by atoms with Gasteiger partial charge in [0.1, 0.15) is 0 Å². The zero-order valence-corrected chi connectivity index (χ0v) is 11.8. The Morgan fingerprint density at radius 1 is 1.06 bits per heavy atom. The van der Waals surface area contributed by atoms with Crippen LogP contribution in [-0.4, -0.2) is 55.0 Å². The van der Waals surface area contributed by atoms with Crippen molar-refractivity contribution in [2.24, 2.45) is 0 Å². The highest BCUT2D eigenvalue weighted by atomic mass is 16.4. The number of hydrogen-bond donors (Lipinski definition) is 2. The Morgan fingerprint density at radius 2 is 1.53 bits per heavy atom. The van der Waals surface area contributed by atoms with Crippen molar-refractivity contribution in [2.75, 3.05) is 28.2 Å². The van der Waals surface area contributed by atoms with E-state index in [0.29, 0.717) is 12.4 Å². The van der Waals surface area contributed by atoms with Crippen LogP contribution >= 0.6 is 0 Å². The molecule has 0 unspecified atom stereocenters. The molecule has 0 spiro atoms. The second-order valence-corrected chi connectivity index (χ2v) is 4.32. The van der Waals surface area contributed by atoms with Gasteiger partial charge in [-0.1, -0.05) is 26.2 Å². The van der Waals surface area contributed by atoms with Gasteiger partial charge in [-0.2, -0.15) is 0 Å². The molecule has 2 N–H and O–H groups in total. The number of hydrogen-bond acceptors (Lipinski definition) is 2. The lowest BCUT2D eigenvalue weighted by Crippen LogP contribution is -2.34. The maximum atomic E-state index is 9.96. The number of unbranched alkanes of at least 4 members (excludes halogenated alkanes) is 3. The predicted octanol–water partition coefficient (Wildman–Crippen LogP) is 2.09. The van der Waals surface area contributed by atoms with E-state index in [1.54, 1.807) is 9.80 Å². The van der Waals surface area contributed by atoms with Crippen LogP contribution in [0.4, 0.5) is 0 Å². The van der Waals surface area contributed by atoms with Crippen molar-refractivity contribution in [1.82, 2.24) is 9.80 Å². The Labute approximate surface area is 105 Å². The van der Waals surface area contributed by atoms with Crippen LogP contribution in [0.25, 0.3) is 0 Å². The minimum atomic E-state index is -0.675. The predicted molar refractivity (Wildman–Crippen MR) is 71.5 cm³/mol. The fourth-order valence-corrected chi connectivity index (χ4v) is 1.10. The SMILES string of the molecule is CCCCCCC(=O)O.CN(C)C(=N)N(C)C. The van der Waals surface area contributed by atoms with Crippen molar-refractivity contribution in [2.45, 2.75) is 39.0 Å². The van der Waals surface area contributed by atoms with Crippen LogP contribution in [0.3, 0.4) is 0 Å². The topological polar surface area (TPSA) is 67.6 Å². The summed E-state index contributed by atoms with van der Waals surface area (Å²) in [5, 5.41) is 15.5. The molecule has 0 aromatic heterocycles. The molecule has 17 heavy (non-hydrogen) atoms. The van der Waals surface area contributed by atoms with Crippen LogP contribution in [0.1, 0.15) is 39.0 Å². The summed E-state index contributed by atoms with van der Waals surface area (Å²) in [5.74, 6) is -0.156. The van der Waals surface area contributed by atoms with Gasteiger partial charge in [-0.05, 0) is 6.42 Å². The number of guanidine groups is 1. The van der Waals surface area contributed by atoms with Crippen molar-refractivity contribution < 1.29 is 9.90 Å². The van der Waals surface area contributed by atoms with Crippen molar-refractivity contribution >= 4 is 11.9 Å². The number of nitrogens with one attached hydrogen (secondary N) is 1. The summed E-state index contributed by atoms with van der Waals surface area (Å²) in [5.41, 5.74) is 0. The van der Waals surface area contributed by atoms with Gasteiger partial charge < -0.3 is 14.9 Å². The van der Waals surface area contributed by atoms with Gasteiger partial charge in [0.15, 0.2) is 5.96 Å². The number of nitrogens with zero attached hydrogens (tertiary/aromatic N) is 2. The Kier molecular flexibility index (Phi) is 12.0. The highest BCUT2D eigenvalue weighted by Gasteiger charge is 1.97. The highest BCUT2D eigenvalue weighted by molar-refractivity contribution is 5.75. The molecule has 0 fully saturated rings. The molecule has 0 aliphatic rings. The van der Waals surface area contributed by atoms with Crippen LogP contribution < -0.4 is 0 Å². The number of carboxylic acid groups (broad SMARTS) is 1. The van der Waals surface area contributed by atoms with Crippen LogP contribution in [0.2, 0.25) is 0 Å². The lowest BCUT2D eigenvalue weighted by molar-refractivity contribution is -0.137. The zero-order chi connectivity index (χ0) is 13.8. The third kappa shape index (κ3) is 14.7. The first-order valence-corrected chi connectivity index (χ1v) is 5.97. The molecule has 0 aliphatic heterocycles. The summed E-state index contributed by atoms with van der Waals surface area (Å²) < 4.78 is 0. The van der Waals surface area contributed by atoms with Gasteiger partial charge in [-0.15, -0.1) is 0 Å². The van der Waals surface area contributed by atoms with E-state index in [1.165, 1.54) is 6.42 Å². The van der Waals surface area contributed by atoms with Crippen LogP contribution in [0.5, 0.6) is 0 Å². The lowest BCUT2D eigenvalue weighted by Gasteiger charge is -2.19. The molecule has 0 bridgehead atoms. The third-order valence-electron chi connectivity index (χ3n) is 2.09. The minimum Gasteiger partial charge on any atom is -0.481 e. The molecule has 0 atom stereocenters. The van der Waals surface area contributed by atoms with Crippen LogP contribution in [0.15, 0.2) is 0 Å². The van der Waals surface area contributed by atoms with Crippen LogP contribution in [-0.2, 0) is 4.79 Å². The molecule has 5 nitrogen and oxygen atoms in total. The maximum absolute atomic E-state index is 9.96. The van der Waals surface area contributed by atoms with Gasteiger partial charge in [-0.3, -0.25) is 10.2 Å². The number of carboxylic acids is 1. The first-order chi connectivity index (χ1) is 7.82. The Bertz CT molecular complexity index is 206. The molecule has 0 aromatic rings. The molecule has 0 amide bonds. The molecular formula is C12H27N3O2. The molecule has 0 saturated carbocycles. The number of aliphatic carboxylic acids is 1. The van der Waals surface area contributed by atoms with Crippen LogP contribution in [0, 0.1) is 5.41 Å². The molecule has 0 aliphatic carbocycles. The van der Waals surface area contributed by atoms with Gasteiger partial charge in [0.05, 0.1) is 0 Å². The second kappa shape index (κ2) is 11.2. The van der Waals surface area contributed by atoms with Crippen molar-refractivity contribution in [3.8, 4) is 0 Å². The summed E-state index contributed by atoms with van der Waals surface area (Å²) >= 11 is 0. The average molecular weight is 245 g/mol. The van der Waals surface area contributed by atoms with E-state index in [4.69, 9.17) is 10.5 Å². The molecule has 0 rings (SSSR count). The Balaban J connectivity index is 0. The quantitative estimate of drug-likeness (QED) is 0.442. The largest absolute Gasteiger partial charge is 0.481 e. The summed E-state index contributed by atoms with van der Waals surface area (Å²) in [6, 6.07) is 0. The molecule has 0 aromatic carbocycles. The lowest BCUT2D eigenvalue weighted by atomic mass is 10.2. The Hall–Kier alpha value is -1.26. The molecule has 102 valence electrons. The third-order valence-corrected chi connectivity index (χ3v) is 2.09. The molecule has 0 heterocycles. The van der Waals surface area contributed by atoms with Crippen molar-refractivity contribution in [3.63, 3.8) is 0 Å². The van der Waals surface area contributed by atoms with E-state index in [-0.39, 0.29) is 0 Å². The fourth-order valence-electron chi connectivity index (χ4n) is 1.10. The van der Waals surface area contributed by atoms with Gasteiger partial charge in [0, 0.05) is 34.6 Å². The smallest absolute Gasteiger partial charge is 0.303 e. The molecule has 0 saturated heterocycles. The van der Waals surface area contributed by atoms with Gasteiger partial charge in [0.25, 0.3) is 0 Å². The highest BCUT2D eigenvalue weighted by Crippen LogP contribution is 2.01. The van der Waals surface area contributed by atoms with Crippen molar-refractivity contribution in [3.05, 3.63) is 0 Å². The van der Waals surface area contributed by atoms with Gasteiger partial charge in [-0.25, -0.2) is 0 Å². The summed E-state index contributed by atoms with van der Waals surface area (Å²) in [6.45, 7) is 2.11. The standard InChI is InChI=1S/C7H14O2.C5H13N3/c1-2-3-4-5-6-7(8)9;1-7(2)5(6)8(3)4/h2-6H2,1H3,(H,8,9);6H,1-4H3. The summed E-state index contributed by atoms with van der Waals surface area (Å²) in [4.78, 5) is 13.5. The van der Waals surface area contributed by atoms with E-state index in [9.17, 15) is 4.79 Å². The molecular weight excluding hydrogens is 218 g/mol. The monoisotopic (exact) mass is 245 g/mol. The number of carbonyl (C=O) groups is 1.